The Bertz CT molecular complexity index is 694. The summed E-state index contributed by atoms with van der Waals surface area (Å²) < 4.78 is 43.5. The van der Waals surface area contributed by atoms with Crippen LogP contribution in [0, 0.1) is 0 Å². The van der Waals surface area contributed by atoms with Crippen molar-refractivity contribution in [3.8, 4) is 5.88 Å². The van der Waals surface area contributed by atoms with E-state index >= 15 is 0 Å². The molecule has 150 valence electrons. The van der Waals surface area contributed by atoms with Crippen molar-refractivity contribution < 1.29 is 17.9 Å². The van der Waals surface area contributed by atoms with Crippen LogP contribution in [-0.4, -0.2) is 47.1 Å². The highest BCUT2D eigenvalue weighted by molar-refractivity contribution is 14.0. The number of aliphatic imine (C=N–C) groups is 1. The lowest BCUT2D eigenvalue weighted by Gasteiger charge is -2.14. The fourth-order valence-electron chi connectivity index (χ4n) is 2.12. The average molecular weight is 498 g/mol. The monoisotopic (exact) mass is 498 g/mol. The second kappa shape index (κ2) is 11.6. The molecule has 0 saturated heterocycles. The molecule has 2 rings (SSSR count). The standard InChI is InChI=1S/C16H21F3N6O.HI/c1-20-15(22-7-3-9-25-10-4-8-24-25)23-11-13-5-2-6-21-14(13)26-12-16(17,18)19;/h2,4-6,8,10H,3,7,9,11-12H2,1H3,(H2,20,22,23);1H. The molecule has 2 aromatic heterocycles. The van der Waals surface area contributed by atoms with E-state index in [4.69, 9.17) is 4.74 Å². The number of aromatic nitrogens is 3. The molecule has 0 unspecified atom stereocenters. The molecule has 0 aliphatic heterocycles. The van der Waals surface area contributed by atoms with E-state index in [1.165, 1.54) is 6.20 Å². The highest BCUT2D eigenvalue weighted by atomic mass is 127. The maximum Gasteiger partial charge on any atom is 0.422 e. The lowest BCUT2D eigenvalue weighted by molar-refractivity contribution is -0.154. The number of rotatable bonds is 8. The molecule has 27 heavy (non-hydrogen) atoms. The zero-order valence-electron chi connectivity index (χ0n) is 14.7. The maximum absolute atomic E-state index is 12.3. The number of guanidine groups is 1. The number of halogens is 4. The quantitative estimate of drug-likeness (QED) is 0.254. The van der Waals surface area contributed by atoms with Crippen LogP contribution in [0.15, 0.2) is 41.8 Å². The van der Waals surface area contributed by atoms with Crippen molar-refractivity contribution >= 4 is 29.9 Å². The van der Waals surface area contributed by atoms with Gasteiger partial charge in [-0.15, -0.1) is 24.0 Å². The number of ether oxygens (including phenoxy) is 1. The van der Waals surface area contributed by atoms with Crippen LogP contribution in [0.3, 0.4) is 0 Å². The summed E-state index contributed by atoms with van der Waals surface area (Å²) in [6.07, 6.45) is 1.43. The average Bonchev–Trinajstić information content (AvgIpc) is 3.13. The van der Waals surface area contributed by atoms with Crippen LogP contribution in [-0.2, 0) is 13.1 Å². The fraction of sp³-hybridized carbons (Fsp3) is 0.438. The molecule has 0 spiro atoms. The molecule has 0 aliphatic rings. The Morgan fingerprint density at radius 2 is 2.07 bits per heavy atom. The van der Waals surface area contributed by atoms with Gasteiger partial charge in [0.2, 0.25) is 5.88 Å². The van der Waals surface area contributed by atoms with E-state index in [1.54, 1.807) is 25.4 Å². The molecule has 0 amide bonds. The predicted molar refractivity (Wildman–Crippen MR) is 106 cm³/mol. The number of hydrogen-bond donors (Lipinski definition) is 2. The highest BCUT2D eigenvalue weighted by Gasteiger charge is 2.29. The zero-order valence-corrected chi connectivity index (χ0v) is 17.1. The van der Waals surface area contributed by atoms with Crippen molar-refractivity contribution in [1.29, 1.82) is 0 Å². The van der Waals surface area contributed by atoms with Gasteiger partial charge in [-0.25, -0.2) is 4.98 Å². The van der Waals surface area contributed by atoms with E-state index in [9.17, 15) is 13.2 Å². The van der Waals surface area contributed by atoms with Crippen LogP contribution in [0.4, 0.5) is 13.2 Å². The Labute approximate surface area is 172 Å². The number of nitrogens with zero attached hydrogens (tertiary/aromatic N) is 4. The van der Waals surface area contributed by atoms with E-state index in [0.717, 1.165) is 13.0 Å². The van der Waals surface area contributed by atoms with E-state index in [2.05, 4.69) is 25.7 Å². The molecule has 0 radical (unpaired) electrons. The molecule has 2 heterocycles. The largest absolute Gasteiger partial charge is 0.468 e. The van der Waals surface area contributed by atoms with Crippen LogP contribution in [0.5, 0.6) is 5.88 Å². The first-order valence-electron chi connectivity index (χ1n) is 8.03. The Balaban J connectivity index is 0.00000364. The van der Waals surface area contributed by atoms with E-state index < -0.39 is 12.8 Å². The summed E-state index contributed by atoms with van der Waals surface area (Å²) in [5.41, 5.74) is 0.510. The lowest BCUT2D eigenvalue weighted by atomic mass is 10.2. The van der Waals surface area contributed by atoms with Crippen LogP contribution in [0.1, 0.15) is 12.0 Å². The fourth-order valence-corrected chi connectivity index (χ4v) is 2.12. The zero-order chi connectivity index (χ0) is 18.8. The van der Waals surface area contributed by atoms with Crippen molar-refractivity contribution in [1.82, 2.24) is 25.4 Å². The summed E-state index contributed by atoms with van der Waals surface area (Å²) in [5.74, 6) is 0.488. The molecule has 0 bridgehead atoms. The van der Waals surface area contributed by atoms with Gasteiger partial charge in [-0.05, 0) is 18.6 Å². The summed E-state index contributed by atoms with van der Waals surface area (Å²) >= 11 is 0. The summed E-state index contributed by atoms with van der Waals surface area (Å²) in [4.78, 5) is 7.94. The summed E-state index contributed by atoms with van der Waals surface area (Å²) in [6, 6.07) is 5.15. The minimum atomic E-state index is -4.41. The van der Waals surface area contributed by atoms with Crippen LogP contribution < -0.4 is 15.4 Å². The van der Waals surface area contributed by atoms with Gasteiger partial charge in [0.05, 0.1) is 0 Å². The van der Waals surface area contributed by atoms with Gasteiger partial charge < -0.3 is 15.4 Å². The van der Waals surface area contributed by atoms with E-state index in [0.29, 0.717) is 18.1 Å². The third-order valence-electron chi connectivity index (χ3n) is 3.31. The van der Waals surface area contributed by atoms with Gasteiger partial charge in [-0.1, -0.05) is 6.07 Å². The van der Waals surface area contributed by atoms with Gasteiger partial charge >= 0.3 is 6.18 Å². The van der Waals surface area contributed by atoms with Gasteiger partial charge in [0.1, 0.15) is 0 Å². The Morgan fingerprint density at radius 3 is 2.74 bits per heavy atom. The third kappa shape index (κ3) is 8.93. The van der Waals surface area contributed by atoms with Crippen LogP contribution >= 0.6 is 24.0 Å². The van der Waals surface area contributed by atoms with Gasteiger partial charge in [0, 0.05) is 50.8 Å². The van der Waals surface area contributed by atoms with Crippen molar-refractivity contribution in [2.24, 2.45) is 4.99 Å². The van der Waals surface area contributed by atoms with E-state index in [1.807, 2.05) is 16.9 Å². The van der Waals surface area contributed by atoms with Gasteiger partial charge in [0.15, 0.2) is 12.6 Å². The predicted octanol–water partition coefficient (Wildman–Crippen LogP) is 2.59. The third-order valence-corrected chi connectivity index (χ3v) is 3.31. The molecular weight excluding hydrogens is 476 g/mol. The smallest absolute Gasteiger partial charge is 0.422 e. The molecule has 2 aromatic rings. The molecular formula is C16H22F3IN6O. The minimum Gasteiger partial charge on any atom is -0.468 e. The molecule has 7 nitrogen and oxygen atoms in total. The molecule has 11 heteroatoms. The number of aryl methyl sites for hydroxylation is 1. The van der Waals surface area contributed by atoms with Crippen molar-refractivity contribution in [2.45, 2.75) is 25.7 Å². The second-order valence-electron chi connectivity index (χ2n) is 5.35. The Hall–Kier alpha value is -2.05. The first kappa shape index (κ1) is 23.0. The molecule has 2 N–H and O–H groups in total. The van der Waals surface area contributed by atoms with Crippen molar-refractivity contribution in [2.75, 3.05) is 20.2 Å². The summed E-state index contributed by atoms with van der Waals surface area (Å²) in [6.45, 7) is 0.302. The SMILES string of the molecule is CN=C(NCCCn1cccn1)NCc1cccnc1OCC(F)(F)F.I. The van der Waals surface area contributed by atoms with Gasteiger partial charge in [-0.2, -0.15) is 18.3 Å². The van der Waals surface area contributed by atoms with E-state index in [-0.39, 0.29) is 36.4 Å². The van der Waals surface area contributed by atoms with Crippen LogP contribution in [0.2, 0.25) is 0 Å². The Morgan fingerprint density at radius 1 is 1.26 bits per heavy atom. The molecule has 0 atom stereocenters. The number of hydrogen-bond acceptors (Lipinski definition) is 4. The lowest BCUT2D eigenvalue weighted by Crippen LogP contribution is -2.37. The Kier molecular flexibility index (Phi) is 9.89. The maximum atomic E-state index is 12.3. The summed E-state index contributed by atoms with van der Waals surface area (Å²) in [5, 5.41) is 10.3. The van der Waals surface area contributed by atoms with Crippen molar-refractivity contribution in [3.63, 3.8) is 0 Å². The highest BCUT2D eigenvalue weighted by Crippen LogP contribution is 2.19. The van der Waals surface area contributed by atoms with Gasteiger partial charge in [-0.3, -0.25) is 9.67 Å². The topological polar surface area (TPSA) is 76.4 Å². The molecule has 0 aromatic carbocycles. The molecule has 0 saturated carbocycles. The normalized spacial score (nSPS) is 11.6. The first-order valence-corrected chi connectivity index (χ1v) is 8.03. The second-order valence-corrected chi connectivity index (χ2v) is 5.35. The first-order chi connectivity index (χ1) is 12.5. The number of alkyl halides is 3. The summed E-state index contributed by atoms with van der Waals surface area (Å²) in [7, 11) is 1.62. The van der Waals surface area contributed by atoms with Crippen molar-refractivity contribution in [3.05, 3.63) is 42.4 Å². The number of nitrogens with one attached hydrogen (secondary N) is 2. The number of pyridine rings is 1. The van der Waals surface area contributed by atoms with Crippen LogP contribution in [0.25, 0.3) is 0 Å². The molecule has 0 fully saturated rings. The minimum absolute atomic E-state index is 0. The van der Waals surface area contributed by atoms with Gasteiger partial charge in [0.25, 0.3) is 0 Å². The molecule has 0 aliphatic carbocycles.